The Morgan fingerprint density at radius 2 is 1.92 bits per heavy atom. The lowest BCUT2D eigenvalue weighted by atomic mass is 10.1. The van der Waals surface area contributed by atoms with Crippen molar-refractivity contribution in [3.05, 3.63) is 24.1 Å². The first-order valence-corrected chi connectivity index (χ1v) is 5.66. The highest BCUT2D eigenvalue weighted by Crippen LogP contribution is 2.22. The standard InChI is InChI=1S/C8H7I2NO2/c1-3-5(8(12)13)7(10)11-4(2)6(3)9/h1-2H3,(H,12,13). The topological polar surface area (TPSA) is 50.2 Å². The molecule has 0 radical (unpaired) electrons. The van der Waals surface area contributed by atoms with E-state index in [1.54, 1.807) is 0 Å². The molecule has 3 nitrogen and oxygen atoms in total. The molecule has 0 aliphatic carbocycles. The largest absolute Gasteiger partial charge is 0.478 e. The molecule has 13 heavy (non-hydrogen) atoms. The van der Waals surface area contributed by atoms with E-state index in [1.165, 1.54) is 0 Å². The molecule has 0 aromatic carbocycles. The fourth-order valence-electron chi connectivity index (χ4n) is 1.04. The Bertz CT molecular complexity index is 377. The lowest BCUT2D eigenvalue weighted by Gasteiger charge is -2.07. The number of carboxylic acid groups (broad SMARTS) is 1. The minimum atomic E-state index is -0.910. The second-order valence-electron chi connectivity index (χ2n) is 2.61. The molecule has 0 aliphatic heterocycles. The summed E-state index contributed by atoms with van der Waals surface area (Å²) in [7, 11) is 0. The van der Waals surface area contributed by atoms with Gasteiger partial charge in [0.15, 0.2) is 0 Å². The van der Waals surface area contributed by atoms with Crippen LogP contribution in [0.25, 0.3) is 0 Å². The van der Waals surface area contributed by atoms with Crippen molar-refractivity contribution in [3.63, 3.8) is 0 Å². The van der Waals surface area contributed by atoms with Crippen LogP contribution >= 0.6 is 45.2 Å². The van der Waals surface area contributed by atoms with Crippen LogP contribution in [0.3, 0.4) is 0 Å². The number of carboxylic acids is 1. The van der Waals surface area contributed by atoms with Gasteiger partial charge in [-0.2, -0.15) is 0 Å². The molecule has 0 bridgehead atoms. The van der Waals surface area contributed by atoms with Crippen LogP contribution in [0.2, 0.25) is 0 Å². The number of aromatic carboxylic acids is 1. The predicted molar refractivity (Wildman–Crippen MR) is 66.1 cm³/mol. The number of hydrogen-bond donors (Lipinski definition) is 1. The third-order valence-electron chi connectivity index (χ3n) is 1.71. The van der Waals surface area contributed by atoms with Crippen molar-refractivity contribution < 1.29 is 9.90 Å². The van der Waals surface area contributed by atoms with Crippen molar-refractivity contribution >= 4 is 51.2 Å². The second-order valence-corrected chi connectivity index (χ2v) is 4.71. The average molecular weight is 403 g/mol. The molecule has 1 N–H and O–H groups in total. The molecule has 1 heterocycles. The summed E-state index contributed by atoms with van der Waals surface area (Å²) in [4.78, 5) is 15.0. The van der Waals surface area contributed by atoms with E-state index in [1.807, 2.05) is 36.4 Å². The van der Waals surface area contributed by atoms with Gasteiger partial charge in [-0.3, -0.25) is 0 Å². The average Bonchev–Trinajstić information content (AvgIpc) is 1.99. The van der Waals surface area contributed by atoms with E-state index in [4.69, 9.17) is 5.11 Å². The van der Waals surface area contributed by atoms with Gasteiger partial charge >= 0.3 is 5.97 Å². The number of aromatic nitrogens is 1. The zero-order chi connectivity index (χ0) is 10.2. The minimum absolute atomic E-state index is 0.315. The van der Waals surface area contributed by atoms with Crippen LogP contribution in [-0.4, -0.2) is 16.1 Å². The Balaban J connectivity index is 3.53. The lowest BCUT2D eigenvalue weighted by Crippen LogP contribution is -2.08. The molecule has 70 valence electrons. The highest BCUT2D eigenvalue weighted by Gasteiger charge is 2.16. The quantitative estimate of drug-likeness (QED) is 0.580. The Kier molecular flexibility index (Phi) is 3.50. The van der Waals surface area contributed by atoms with Gasteiger partial charge in [0.2, 0.25) is 0 Å². The first kappa shape index (κ1) is 11.2. The van der Waals surface area contributed by atoms with Crippen LogP contribution in [0.1, 0.15) is 21.6 Å². The normalized spacial score (nSPS) is 10.2. The Hall–Kier alpha value is 0.0800. The summed E-state index contributed by atoms with van der Waals surface area (Å²) in [6, 6.07) is 0. The van der Waals surface area contributed by atoms with E-state index in [-0.39, 0.29) is 0 Å². The van der Waals surface area contributed by atoms with E-state index in [2.05, 4.69) is 27.6 Å². The van der Waals surface area contributed by atoms with Crippen molar-refractivity contribution in [2.24, 2.45) is 0 Å². The molecular formula is C8H7I2NO2. The van der Waals surface area contributed by atoms with E-state index >= 15 is 0 Å². The van der Waals surface area contributed by atoms with Crippen LogP contribution in [-0.2, 0) is 0 Å². The molecule has 0 saturated carbocycles. The molecule has 0 saturated heterocycles. The van der Waals surface area contributed by atoms with Crippen LogP contribution < -0.4 is 0 Å². The maximum Gasteiger partial charge on any atom is 0.338 e. The highest BCUT2D eigenvalue weighted by atomic mass is 127. The van der Waals surface area contributed by atoms with Gasteiger partial charge in [-0.15, -0.1) is 0 Å². The van der Waals surface area contributed by atoms with Crippen LogP contribution in [0.15, 0.2) is 0 Å². The molecule has 5 heteroatoms. The van der Waals surface area contributed by atoms with Crippen molar-refractivity contribution in [1.82, 2.24) is 4.98 Å². The number of rotatable bonds is 1. The second kappa shape index (κ2) is 4.07. The maximum absolute atomic E-state index is 10.9. The van der Waals surface area contributed by atoms with Gasteiger partial charge in [0.25, 0.3) is 0 Å². The summed E-state index contributed by atoms with van der Waals surface area (Å²) in [6.45, 7) is 3.69. The predicted octanol–water partition coefficient (Wildman–Crippen LogP) is 2.61. The summed E-state index contributed by atoms with van der Waals surface area (Å²) >= 11 is 4.06. The van der Waals surface area contributed by atoms with Gasteiger partial charge in [-0.1, -0.05) is 0 Å². The molecule has 0 spiro atoms. The lowest BCUT2D eigenvalue weighted by molar-refractivity contribution is 0.0694. The number of halogens is 2. The third kappa shape index (κ3) is 2.12. The number of pyridine rings is 1. The van der Waals surface area contributed by atoms with Crippen molar-refractivity contribution in [3.8, 4) is 0 Å². The number of nitrogens with zero attached hydrogens (tertiary/aromatic N) is 1. The zero-order valence-corrected chi connectivity index (χ0v) is 11.4. The van der Waals surface area contributed by atoms with E-state index in [9.17, 15) is 4.79 Å². The number of carbonyl (C=O) groups is 1. The summed E-state index contributed by atoms with van der Waals surface area (Å²) in [5.74, 6) is -0.910. The fourth-order valence-corrected chi connectivity index (χ4v) is 2.42. The SMILES string of the molecule is Cc1nc(I)c(C(=O)O)c(C)c1I. The van der Waals surface area contributed by atoms with Crippen LogP contribution in [0.5, 0.6) is 0 Å². The summed E-state index contributed by atoms with van der Waals surface area (Å²) in [5, 5.41) is 8.91. The minimum Gasteiger partial charge on any atom is -0.478 e. The van der Waals surface area contributed by atoms with Gasteiger partial charge < -0.3 is 5.11 Å². The van der Waals surface area contributed by atoms with Gasteiger partial charge in [0.05, 0.1) is 11.3 Å². The Morgan fingerprint density at radius 3 is 2.38 bits per heavy atom. The van der Waals surface area contributed by atoms with Crippen LogP contribution in [0.4, 0.5) is 0 Å². The molecule has 1 aromatic rings. The third-order valence-corrected chi connectivity index (χ3v) is 4.08. The highest BCUT2D eigenvalue weighted by molar-refractivity contribution is 14.1. The summed E-state index contributed by atoms with van der Waals surface area (Å²) < 4.78 is 1.48. The molecular weight excluding hydrogens is 396 g/mol. The van der Waals surface area contributed by atoms with Gasteiger partial charge in [-0.25, -0.2) is 9.78 Å². The van der Waals surface area contributed by atoms with E-state index in [0.29, 0.717) is 9.26 Å². The molecule has 0 aliphatic rings. The Morgan fingerprint density at radius 1 is 1.38 bits per heavy atom. The van der Waals surface area contributed by atoms with Crippen molar-refractivity contribution in [2.75, 3.05) is 0 Å². The first-order valence-electron chi connectivity index (χ1n) is 3.50. The molecule has 0 amide bonds. The van der Waals surface area contributed by atoms with Crippen LogP contribution in [0, 0.1) is 21.1 Å². The number of aryl methyl sites for hydroxylation is 1. The summed E-state index contributed by atoms with van der Waals surface area (Å²) in [5.41, 5.74) is 1.99. The molecule has 0 atom stereocenters. The fraction of sp³-hybridized carbons (Fsp3) is 0.250. The molecule has 0 fully saturated rings. The maximum atomic E-state index is 10.9. The summed E-state index contributed by atoms with van der Waals surface area (Å²) in [6.07, 6.45) is 0. The smallest absolute Gasteiger partial charge is 0.338 e. The van der Waals surface area contributed by atoms with Gasteiger partial charge in [0.1, 0.15) is 3.70 Å². The molecule has 0 unspecified atom stereocenters. The van der Waals surface area contributed by atoms with E-state index < -0.39 is 5.97 Å². The van der Waals surface area contributed by atoms with Crippen molar-refractivity contribution in [2.45, 2.75) is 13.8 Å². The van der Waals surface area contributed by atoms with Crippen molar-refractivity contribution in [1.29, 1.82) is 0 Å². The zero-order valence-electron chi connectivity index (χ0n) is 7.06. The van der Waals surface area contributed by atoms with E-state index in [0.717, 1.165) is 14.8 Å². The Labute approximate surface area is 103 Å². The molecule has 1 rings (SSSR count). The molecule has 1 aromatic heterocycles. The number of hydrogen-bond acceptors (Lipinski definition) is 2. The monoisotopic (exact) mass is 403 g/mol. The van der Waals surface area contributed by atoms with Gasteiger partial charge in [-0.05, 0) is 64.6 Å². The first-order chi connectivity index (χ1) is 5.95. The van der Waals surface area contributed by atoms with Gasteiger partial charge in [0, 0.05) is 3.57 Å².